The van der Waals surface area contributed by atoms with Gasteiger partial charge in [-0.15, -0.1) is 0 Å². The first-order chi connectivity index (χ1) is 8.20. The first-order valence-electron chi connectivity index (χ1n) is 5.63. The number of hydrogen-bond donors (Lipinski definition) is 0. The molecule has 0 bridgehead atoms. The summed E-state index contributed by atoms with van der Waals surface area (Å²) in [7, 11) is 1.55. The van der Waals surface area contributed by atoms with Gasteiger partial charge in [0.1, 0.15) is 5.75 Å². The molecule has 3 heteroatoms. The molecular formula is C14H18O3. The van der Waals surface area contributed by atoms with Crippen molar-refractivity contribution in [3.05, 3.63) is 41.5 Å². The number of Topliss-reactive ketones (excluding diaryl/α,β-unsaturated/α-hetero) is 1. The Morgan fingerprint density at radius 1 is 1.35 bits per heavy atom. The van der Waals surface area contributed by atoms with Gasteiger partial charge in [0.05, 0.1) is 5.56 Å². The van der Waals surface area contributed by atoms with Crippen molar-refractivity contribution >= 4 is 5.78 Å². The van der Waals surface area contributed by atoms with E-state index in [9.17, 15) is 4.79 Å². The predicted octanol–water partition coefficient (Wildman–Crippen LogP) is 3.21. The molecule has 0 radical (unpaired) electrons. The monoisotopic (exact) mass is 234 g/mol. The Kier molecular flexibility index (Phi) is 5.43. The molecule has 0 N–H and O–H groups in total. The molecule has 0 saturated heterocycles. The van der Waals surface area contributed by atoms with E-state index >= 15 is 0 Å². The maximum absolute atomic E-state index is 12.1. The Bertz CT molecular complexity index is 408. The van der Waals surface area contributed by atoms with Gasteiger partial charge in [0.25, 0.3) is 0 Å². The summed E-state index contributed by atoms with van der Waals surface area (Å²) >= 11 is 0. The van der Waals surface area contributed by atoms with E-state index in [0.717, 1.165) is 12.0 Å². The third kappa shape index (κ3) is 3.71. The van der Waals surface area contributed by atoms with Crippen molar-refractivity contribution in [2.45, 2.75) is 20.3 Å². The van der Waals surface area contributed by atoms with Gasteiger partial charge in [-0.25, -0.2) is 0 Å². The van der Waals surface area contributed by atoms with Crippen LogP contribution in [0.15, 0.2) is 35.9 Å². The fraction of sp³-hybridized carbons (Fsp3) is 0.357. The number of carbonyl (C=O) groups is 1. The van der Waals surface area contributed by atoms with Gasteiger partial charge in [0.2, 0.25) is 0 Å². The standard InChI is InChI=1S/C14H18O3/c1-4-7-11(2)14(15)12-8-5-6-9-13(12)17-10-16-3/h5-9H,4,10H2,1-3H3/b11-7+. The molecule has 92 valence electrons. The SMILES string of the molecule is CC/C=C(\C)C(=O)c1ccccc1OCOC. The van der Waals surface area contributed by atoms with Gasteiger partial charge in [0.15, 0.2) is 12.6 Å². The molecule has 0 aliphatic rings. The topological polar surface area (TPSA) is 35.5 Å². The Morgan fingerprint density at radius 2 is 2.06 bits per heavy atom. The second-order valence-electron chi connectivity index (χ2n) is 3.67. The molecule has 1 rings (SSSR count). The highest BCUT2D eigenvalue weighted by Gasteiger charge is 2.13. The highest BCUT2D eigenvalue weighted by molar-refractivity contribution is 6.10. The lowest BCUT2D eigenvalue weighted by Gasteiger charge is -2.09. The van der Waals surface area contributed by atoms with Crippen molar-refractivity contribution in [2.24, 2.45) is 0 Å². The molecule has 0 saturated carbocycles. The highest BCUT2D eigenvalue weighted by atomic mass is 16.7. The van der Waals surface area contributed by atoms with Crippen molar-refractivity contribution in [1.29, 1.82) is 0 Å². The molecule has 17 heavy (non-hydrogen) atoms. The fourth-order valence-electron chi connectivity index (χ4n) is 1.51. The van der Waals surface area contributed by atoms with E-state index in [-0.39, 0.29) is 12.6 Å². The quantitative estimate of drug-likeness (QED) is 0.431. The van der Waals surface area contributed by atoms with Crippen LogP contribution in [0.1, 0.15) is 30.6 Å². The lowest BCUT2D eigenvalue weighted by Crippen LogP contribution is -2.07. The van der Waals surface area contributed by atoms with E-state index in [2.05, 4.69) is 0 Å². The Labute approximate surface area is 102 Å². The lowest BCUT2D eigenvalue weighted by atomic mass is 10.0. The molecule has 0 spiro atoms. The molecule has 1 aromatic rings. The van der Waals surface area contributed by atoms with Crippen LogP contribution < -0.4 is 4.74 Å². The summed E-state index contributed by atoms with van der Waals surface area (Å²) < 4.78 is 10.2. The normalized spacial score (nSPS) is 11.4. The number of methoxy groups -OCH3 is 1. The second kappa shape index (κ2) is 6.86. The van der Waals surface area contributed by atoms with Gasteiger partial charge in [-0.1, -0.05) is 25.1 Å². The largest absolute Gasteiger partial charge is 0.467 e. The third-order valence-electron chi connectivity index (χ3n) is 2.33. The summed E-state index contributed by atoms with van der Waals surface area (Å²) in [6.45, 7) is 3.96. The second-order valence-corrected chi connectivity index (χ2v) is 3.67. The minimum absolute atomic E-state index is 0.00134. The molecule has 0 fully saturated rings. The molecule has 3 nitrogen and oxygen atoms in total. The maximum Gasteiger partial charge on any atom is 0.192 e. The molecule has 1 aromatic carbocycles. The number of carbonyl (C=O) groups excluding carboxylic acids is 1. The average molecular weight is 234 g/mol. The molecule has 0 atom stereocenters. The first-order valence-corrected chi connectivity index (χ1v) is 5.63. The minimum Gasteiger partial charge on any atom is -0.467 e. The van der Waals surface area contributed by atoms with E-state index < -0.39 is 0 Å². The lowest BCUT2D eigenvalue weighted by molar-refractivity contribution is 0.0503. The van der Waals surface area contributed by atoms with Crippen LogP contribution in [-0.4, -0.2) is 19.7 Å². The number of hydrogen-bond acceptors (Lipinski definition) is 3. The fourth-order valence-corrected chi connectivity index (χ4v) is 1.51. The van der Waals surface area contributed by atoms with Crippen LogP contribution in [0.3, 0.4) is 0 Å². The number of ketones is 1. The van der Waals surface area contributed by atoms with Crippen molar-refractivity contribution in [1.82, 2.24) is 0 Å². The van der Waals surface area contributed by atoms with Crippen LogP contribution in [-0.2, 0) is 4.74 Å². The number of ether oxygens (including phenoxy) is 2. The van der Waals surface area contributed by atoms with Gasteiger partial charge in [-0.05, 0) is 31.1 Å². The van der Waals surface area contributed by atoms with E-state index in [4.69, 9.17) is 9.47 Å². The van der Waals surface area contributed by atoms with Crippen LogP contribution in [0.25, 0.3) is 0 Å². The Morgan fingerprint density at radius 3 is 2.71 bits per heavy atom. The number of allylic oxidation sites excluding steroid dienone is 2. The molecule has 0 unspecified atom stereocenters. The minimum atomic E-state index is -0.00134. The van der Waals surface area contributed by atoms with Crippen LogP contribution >= 0.6 is 0 Å². The maximum atomic E-state index is 12.1. The first kappa shape index (κ1) is 13.5. The summed E-state index contributed by atoms with van der Waals surface area (Å²) in [5.74, 6) is 0.557. The Hall–Kier alpha value is -1.61. The summed E-state index contributed by atoms with van der Waals surface area (Å²) in [6, 6.07) is 7.19. The smallest absolute Gasteiger partial charge is 0.192 e. The molecule has 0 aliphatic heterocycles. The molecule has 0 heterocycles. The van der Waals surface area contributed by atoms with Crippen LogP contribution in [0, 0.1) is 0 Å². The predicted molar refractivity (Wildman–Crippen MR) is 67.3 cm³/mol. The van der Waals surface area contributed by atoms with Crippen molar-refractivity contribution in [2.75, 3.05) is 13.9 Å². The van der Waals surface area contributed by atoms with E-state index in [1.807, 2.05) is 32.1 Å². The van der Waals surface area contributed by atoms with Crippen molar-refractivity contribution < 1.29 is 14.3 Å². The molecule has 0 aliphatic carbocycles. The highest BCUT2D eigenvalue weighted by Crippen LogP contribution is 2.21. The van der Waals surface area contributed by atoms with Gasteiger partial charge in [0, 0.05) is 7.11 Å². The number of benzene rings is 1. The third-order valence-corrected chi connectivity index (χ3v) is 2.33. The van der Waals surface area contributed by atoms with Crippen molar-refractivity contribution in [3.8, 4) is 5.75 Å². The van der Waals surface area contributed by atoms with Gasteiger partial charge >= 0.3 is 0 Å². The van der Waals surface area contributed by atoms with Crippen LogP contribution in [0.2, 0.25) is 0 Å². The van der Waals surface area contributed by atoms with E-state index in [1.165, 1.54) is 0 Å². The van der Waals surface area contributed by atoms with Crippen LogP contribution in [0.4, 0.5) is 0 Å². The van der Waals surface area contributed by atoms with E-state index in [1.54, 1.807) is 19.2 Å². The zero-order chi connectivity index (χ0) is 12.7. The van der Waals surface area contributed by atoms with Gasteiger partial charge in [-0.3, -0.25) is 4.79 Å². The summed E-state index contributed by atoms with van der Waals surface area (Å²) in [5, 5.41) is 0. The summed E-state index contributed by atoms with van der Waals surface area (Å²) in [6.07, 6.45) is 2.76. The van der Waals surface area contributed by atoms with Crippen molar-refractivity contribution in [3.63, 3.8) is 0 Å². The van der Waals surface area contributed by atoms with Gasteiger partial charge < -0.3 is 9.47 Å². The molecule has 0 amide bonds. The van der Waals surface area contributed by atoms with E-state index in [0.29, 0.717) is 11.3 Å². The summed E-state index contributed by atoms with van der Waals surface area (Å²) in [5.41, 5.74) is 1.31. The summed E-state index contributed by atoms with van der Waals surface area (Å²) in [4.78, 5) is 12.1. The zero-order valence-corrected chi connectivity index (χ0v) is 10.5. The average Bonchev–Trinajstić information content (AvgIpc) is 2.36. The molecular weight excluding hydrogens is 216 g/mol. The number of para-hydroxylation sites is 1. The van der Waals surface area contributed by atoms with Gasteiger partial charge in [-0.2, -0.15) is 0 Å². The Balaban J connectivity index is 2.96. The number of rotatable bonds is 6. The van der Waals surface area contributed by atoms with Crippen LogP contribution in [0.5, 0.6) is 5.75 Å². The zero-order valence-electron chi connectivity index (χ0n) is 10.5. The molecule has 0 aromatic heterocycles.